The molecule has 1 unspecified atom stereocenters. The van der Waals surface area contributed by atoms with Gasteiger partial charge in [0.15, 0.2) is 5.16 Å². The number of hydrogen-bond acceptors (Lipinski definition) is 5. The van der Waals surface area contributed by atoms with Crippen LogP contribution in [0.2, 0.25) is 0 Å². The van der Waals surface area contributed by atoms with E-state index in [1.165, 1.54) is 11.8 Å². The third-order valence-electron chi connectivity index (χ3n) is 5.38. The van der Waals surface area contributed by atoms with Gasteiger partial charge < -0.3 is 9.64 Å². The van der Waals surface area contributed by atoms with Crippen molar-refractivity contribution in [2.24, 2.45) is 0 Å². The molecular weight excluding hydrogens is 362 g/mol. The molecule has 144 valence electrons. The SMILES string of the molecule is CC1CN(C(=O)CSc2nc3ccccc3c(=O)n2C2CCCC2)CCO1. The van der Waals surface area contributed by atoms with Crippen molar-refractivity contribution >= 4 is 28.6 Å². The number of carbonyl (C=O) groups excluding carboxylic acids is 1. The Morgan fingerprint density at radius 3 is 2.85 bits per heavy atom. The summed E-state index contributed by atoms with van der Waals surface area (Å²) in [4.78, 5) is 32.3. The minimum Gasteiger partial charge on any atom is -0.375 e. The molecule has 6 nitrogen and oxygen atoms in total. The van der Waals surface area contributed by atoms with Gasteiger partial charge in [0.25, 0.3) is 5.56 Å². The Bertz CT molecular complexity index is 892. The van der Waals surface area contributed by atoms with Crippen LogP contribution in [-0.2, 0) is 9.53 Å². The van der Waals surface area contributed by atoms with Crippen molar-refractivity contribution in [2.75, 3.05) is 25.4 Å². The van der Waals surface area contributed by atoms with Crippen molar-refractivity contribution < 1.29 is 9.53 Å². The van der Waals surface area contributed by atoms with Crippen LogP contribution in [0.15, 0.2) is 34.2 Å². The minimum atomic E-state index is 0.0162. The van der Waals surface area contributed by atoms with Crippen LogP contribution in [-0.4, -0.2) is 51.9 Å². The van der Waals surface area contributed by atoms with Gasteiger partial charge in [-0.3, -0.25) is 14.2 Å². The third-order valence-corrected chi connectivity index (χ3v) is 6.32. The van der Waals surface area contributed by atoms with E-state index in [0.29, 0.717) is 41.5 Å². The Balaban J connectivity index is 1.61. The van der Waals surface area contributed by atoms with Gasteiger partial charge in [-0.15, -0.1) is 0 Å². The van der Waals surface area contributed by atoms with E-state index in [0.717, 1.165) is 25.7 Å². The summed E-state index contributed by atoms with van der Waals surface area (Å²) in [6, 6.07) is 7.66. The maximum atomic E-state index is 13.1. The Kier molecular flexibility index (Phi) is 5.50. The molecule has 1 atom stereocenters. The van der Waals surface area contributed by atoms with Crippen molar-refractivity contribution in [3.63, 3.8) is 0 Å². The standard InChI is InChI=1S/C20H25N3O3S/c1-14-12-22(10-11-26-14)18(24)13-27-20-21-17-9-5-4-8-16(17)19(25)23(20)15-6-2-3-7-15/h4-5,8-9,14-15H,2-3,6-7,10-13H2,1H3. The van der Waals surface area contributed by atoms with Gasteiger partial charge in [-0.2, -0.15) is 0 Å². The van der Waals surface area contributed by atoms with E-state index in [1.54, 1.807) is 0 Å². The quantitative estimate of drug-likeness (QED) is 0.596. The van der Waals surface area contributed by atoms with Crippen LogP contribution in [0.1, 0.15) is 38.6 Å². The fourth-order valence-corrected chi connectivity index (χ4v) is 4.94. The number of hydrogen-bond donors (Lipinski definition) is 0. The predicted octanol–water partition coefficient (Wildman–Crippen LogP) is 2.85. The summed E-state index contributed by atoms with van der Waals surface area (Å²) in [6.45, 7) is 3.82. The molecular formula is C20H25N3O3S. The summed E-state index contributed by atoms with van der Waals surface area (Å²) in [5, 5.41) is 1.32. The third kappa shape index (κ3) is 3.89. The summed E-state index contributed by atoms with van der Waals surface area (Å²) < 4.78 is 7.36. The first-order chi connectivity index (χ1) is 13.1. The van der Waals surface area contributed by atoms with E-state index >= 15 is 0 Å². The first-order valence-electron chi connectivity index (χ1n) is 9.67. The maximum absolute atomic E-state index is 13.1. The predicted molar refractivity (Wildman–Crippen MR) is 106 cm³/mol. The zero-order valence-electron chi connectivity index (χ0n) is 15.6. The van der Waals surface area contributed by atoms with Crippen LogP contribution in [0.4, 0.5) is 0 Å². The molecule has 2 aliphatic rings. The molecule has 0 radical (unpaired) electrons. The van der Waals surface area contributed by atoms with E-state index < -0.39 is 0 Å². The molecule has 1 aliphatic heterocycles. The number of amides is 1. The molecule has 2 aromatic rings. The summed E-state index contributed by atoms with van der Waals surface area (Å²) >= 11 is 1.39. The van der Waals surface area contributed by atoms with Gasteiger partial charge in [0.2, 0.25) is 5.91 Å². The lowest BCUT2D eigenvalue weighted by Crippen LogP contribution is -2.45. The van der Waals surface area contributed by atoms with Gasteiger partial charge in [0, 0.05) is 19.1 Å². The highest BCUT2D eigenvalue weighted by Gasteiger charge is 2.25. The summed E-state index contributed by atoms with van der Waals surface area (Å²) in [6.07, 6.45) is 4.35. The molecule has 2 heterocycles. The second-order valence-corrected chi connectivity index (χ2v) is 8.28. The topological polar surface area (TPSA) is 64.4 Å². The number of aromatic nitrogens is 2. The average Bonchev–Trinajstić information content (AvgIpc) is 3.20. The van der Waals surface area contributed by atoms with Crippen molar-refractivity contribution in [3.8, 4) is 0 Å². The van der Waals surface area contributed by atoms with Gasteiger partial charge >= 0.3 is 0 Å². The van der Waals surface area contributed by atoms with Gasteiger partial charge in [-0.25, -0.2) is 4.98 Å². The number of thioether (sulfide) groups is 1. The zero-order chi connectivity index (χ0) is 18.8. The van der Waals surface area contributed by atoms with E-state index in [4.69, 9.17) is 9.72 Å². The number of nitrogens with zero attached hydrogens (tertiary/aromatic N) is 3. The molecule has 4 rings (SSSR count). The molecule has 1 saturated carbocycles. The van der Waals surface area contributed by atoms with Gasteiger partial charge in [0.1, 0.15) is 0 Å². The number of benzene rings is 1. The fourth-order valence-electron chi connectivity index (χ4n) is 3.97. The molecule has 1 amide bonds. The number of rotatable bonds is 4. The van der Waals surface area contributed by atoms with Crippen LogP contribution in [0.25, 0.3) is 10.9 Å². The van der Waals surface area contributed by atoms with Crippen LogP contribution in [0.3, 0.4) is 0 Å². The monoisotopic (exact) mass is 387 g/mol. The molecule has 27 heavy (non-hydrogen) atoms. The second-order valence-electron chi connectivity index (χ2n) is 7.33. The van der Waals surface area contributed by atoms with Crippen LogP contribution >= 0.6 is 11.8 Å². The summed E-state index contributed by atoms with van der Waals surface area (Å²) in [7, 11) is 0. The maximum Gasteiger partial charge on any atom is 0.262 e. The number of carbonyl (C=O) groups is 1. The molecule has 1 aromatic heterocycles. The molecule has 1 saturated heterocycles. The smallest absolute Gasteiger partial charge is 0.262 e. The normalized spacial score (nSPS) is 21.1. The Hall–Kier alpha value is -1.86. The zero-order valence-corrected chi connectivity index (χ0v) is 16.4. The Morgan fingerprint density at radius 2 is 2.07 bits per heavy atom. The van der Waals surface area contributed by atoms with Crippen LogP contribution < -0.4 is 5.56 Å². The van der Waals surface area contributed by atoms with E-state index in [1.807, 2.05) is 40.7 Å². The fraction of sp³-hybridized carbons (Fsp3) is 0.550. The second kappa shape index (κ2) is 8.02. The highest BCUT2D eigenvalue weighted by molar-refractivity contribution is 7.99. The highest BCUT2D eigenvalue weighted by atomic mass is 32.2. The Morgan fingerprint density at radius 1 is 1.30 bits per heavy atom. The summed E-state index contributed by atoms with van der Waals surface area (Å²) in [5.41, 5.74) is 0.717. The number of ether oxygens (including phenoxy) is 1. The molecule has 1 aromatic carbocycles. The molecule has 0 spiro atoms. The number of fused-ring (bicyclic) bond motifs is 1. The van der Waals surface area contributed by atoms with Gasteiger partial charge in [0.05, 0.1) is 29.4 Å². The van der Waals surface area contributed by atoms with Gasteiger partial charge in [-0.1, -0.05) is 36.7 Å². The first-order valence-corrected chi connectivity index (χ1v) is 10.7. The van der Waals surface area contributed by atoms with Crippen LogP contribution in [0, 0.1) is 0 Å². The highest BCUT2D eigenvalue weighted by Crippen LogP contribution is 2.32. The van der Waals surface area contributed by atoms with E-state index in [2.05, 4.69) is 0 Å². The lowest BCUT2D eigenvalue weighted by molar-refractivity contribution is -0.135. The molecule has 2 fully saturated rings. The Labute approximate surface area is 162 Å². The van der Waals surface area contributed by atoms with E-state index in [9.17, 15) is 9.59 Å². The lowest BCUT2D eigenvalue weighted by atomic mass is 10.2. The van der Waals surface area contributed by atoms with Crippen molar-refractivity contribution in [3.05, 3.63) is 34.6 Å². The van der Waals surface area contributed by atoms with Crippen LogP contribution in [0.5, 0.6) is 0 Å². The number of para-hydroxylation sites is 1. The molecule has 7 heteroatoms. The molecule has 0 bridgehead atoms. The minimum absolute atomic E-state index is 0.0162. The first kappa shape index (κ1) is 18.5. The molecule has 0 N–H and O–H groups in total. The van der Waals surface area contributed by atoms with E-state index in [-0.39, 0.29) is 23.6 Å². The van der Waals surface area contributed by atoms with Crippen molar-refractivity contribution in [2.45, 2.75) is 49.9 Å². The summed E-state index contributed by atoms with van der Waals surface area (Å²) in [5.74, 6) is 0.375. The molecule has 1 aliphatic carbocycles. The van der Waals surface area contributed by atoms with Crippen molar-refractivity contribution in [1.82, 2.24) is 14.5 Å². The lowest BCUT2D eigenvalue weighted by Gasteiger charge is -2.31. The van der Waals surface area contributed by atoms with Gasteiger partial charge in [-0.05, 0) is 31.9 Å². The average molecular weight is 388 g/mol. The largest absolute Gasteiger partial charge is 0.375 e. The number of morpholine rings is 1. The van der Waals surface area contributed by atoms with Crippen molar-refractivity contribution in [1.29, 1.82) is 0 Å².